The third-order valence-corrected chi connectivity index (χ3v) is 7.11. The molecule has 3 aromatic rings. The van der Waals surface area contributed by atoms with Gasteiger partial charge in [-0.05, 0) is 92.9 Å². The summed E-state index contributed by atoms with van der Waals surface area (Å²) >= 11 is 0. The number of hydrogen-bond acceptors (Lipinski definition) is 3. The first kappa shape index (κ1) is 24.2. The summed E-state index contributed by atoms with van der Waals surface area (Å²) in [7, 11) is 1.61. The van der Waals surface area contributed by atoms with E-state index in [9.17, 15) is 9.90 Å². The Balaban J connectivity index is 1.80. The van der Waals surface area contributed by atoms with Crippen LogP contribution in [-0.2, 0) is 26.9 Å². The second-order valence-electron chi connectivity index (χ2n) is 10.6. The number of benzene rings is 3. The van der Waals surface area contributed by atoms with Gasteiger partial charge in [-0.1, -0.05) is 58.0 Å². The van der Waals surface area contributed by atoms with E-state index in [4.69, 9.17) is 9.47 Å². The minimum absolute atomic E-state index is 0.134. The molecule has 0 unspecified atom stereocenters. The Hall–Kier alpha value is -2.95. The molecule has 178 valence electrons. The van der Waals surface area contributed by atoms with Gasteiger partial charge in [0.25, 0.3) is 0 Å². The number of ether oxygens (including phenoxy) is 2. The van der Waals surface area contributed by atoms with Gasteiger partial charge in [-0.25, -0.2) is 4.79 Å². The molecule has 0 spiro atoms. The van der Waals surface area contributed by atoms with Crippen molar-refractivity contribution in [2.45, 2.75) is 58.0 Å². The van der Waals surface area contributed by atoms with Crippen molar-refractivity contribution in [1.82, 2.24) is 0 Å². The maximum absolute atomic E-state index is 11.3. The number of fused-ring (bicyclic) bond motifs is 1. The van der Waals surface area contributed by atoms with E-state index in [1.54, 1.807) is 19.2 Å². The maximum atomic E-state index is 11.3. The molecule has 0 saturated heterocycles. The number of aromatic carboxylic acids is 1. The van der Waals surface area contributed by atoms with Crippen LogP contribution in [0.4, 0.5) is 0 Å². The number of methoxy groups -OCH3 is 1. The summed E-state index contributed by atoms with van der Waals surface area (Å²) < 4.78 is 10.7. The van der Waals surface area contributed by atoms with E-state index < -0.39 is 5.97 Å². The van der Waals surface area contributed by atoms with Crippen LogP contribution in [0.25, 0.3) is 22.3 Å². The highest BCUT2D eigenvalue weighted by molar-refractivity contribution is 5.88. The fourth-order valence-corrected chi connectivity index (χ4v) is 4.93. The van der Waals surface area contributed by atoms with E-state index in [2.05, 4.69) is 64.1 Å². The predicted molar refractivity (Wildman–Crippen MR) is 136 cm³/mol. The average molecular weight is 459 g/mol. The summed E-state index contributed by atoms with van der Waals surface area (Å²) in [6.45, 7) is 10.0. The van der Waals surface area contributed by atoms with Gasteiger partial charge in [0.15, 0.2) is 0 Å². The van der Waals surface area contributed by atoms with Gasteiger partial charge in [0.2, 0.25) is 0 Å². The van der Waals surface area contributed by atoms with Crippen LogP contribution in [-0.4, -0.2) is 25.0 Å². The van der Waals surface area contributed by atoms with E-state index in [-0.39, 0.29) is 23.2 Å². The van der Waals surface area contributed by atoms with Crippen LogP contribution in [0.1, 0.15) is 67.6 Å². The number of carboxylic acid groups (broad SMARTS) is 1. The van der Waals surface area contributed by atoms with Crippen LogP contribution in [0.5, 0.6) is 0 Å². The molecule has 0 aliphatic heterocycles. The minimum atomic E-state index is -0.923. The highest BCUT2D eigenvalue weighted by Gasteiger charge is 2.37. The Morgan fingerprint density at radius 2 is 1.38 bits per heavy atom. The molecule has 0 atom stereocenters. The summed E-state index contributed by atoms with van der Waals surface area (Å²) in [5, 5.41) is 9.25. The lowest BCUT2D eigenvalue weighted by Crippen LogP contribution is -2.33. The van der Waals surface area contributed by atoms with Crippen LogP contribution in [0.2, 0.25) is 0 Å². The van der Waals surface area contributed by atoms with Crippen LogP contribution in [0.15, 0.2) is 60.7 Å². The zero-order chi connectivity index (χ0) is 24.5. The van der Waals surface area contributed by atoms with E-state index in [0.717, 1.165) is 22.3 Å². The predicted octanol–water partition coefficient (Wildman–Crippen LogP) is 7.19. The SMILES string of the molecule is COCOCc1cc(-c2ccc(C(=O)O)cc2)cc(-c2ccc3c(c2)C(C)(C)CCC3(C)C)c1. The molecule has 1 aliphatic carbocycles. The fourth-order valence-electron chi connectivity index (χ4n) is 4.93. The maximum Gasteiger partial charge on any atom is 0.335 e. The van der Waals surface area contributed by atoms with E-state index >= 15 is 0 Å². The van der Waals surface area contributed by atoms with Gasteiger partial charge in [-0.15, -0.1) is 0 Å². The molecule has 0 radical (unpaired) electrons. The molecule has 0 heterocycles. The van der Waals surface area contributed by atoms with Gasteiger partial charge in [0.1, 0.15) is 6.79 Å². The monoisotopic (exact) mass is 458 g/mol. The second-order valence-corrected chi connectivity index (χ2v) is 10.6. The summed E-state index contributed by atoms with van der Waals surface area (Å²) in [6, 6.07) is 20.4. The molecule has 4 rings (SSSR count). The van der Waals surface area contributed by atoms with Gasteiger partial charge >= 0.3 is 5.97 Å². The van der Waals surface area contributed by atoms with Crippen molar-refractivity contribution in [2.24, 2.45) is 0 Å². The molecule has 4 nitrogen and oxygen atoms in total. The molecule has 0 aromatic heterocycles. The highest BCUT2D eigenvalue weighted by atomic mass is 16.7. The average Bonchev–Trinajstić information content (AvgIpc) is 2.82. The molecular weight excluding hydrogens is 424 g/mol. The summed E-state index contributed by atoms with van der Waals surface area (Å²) in [6.07, 6.45) is 2.36. The van der Waals surface area contributed by atoms with Crippen LogP contribution in [0, 0.1) is 0 Å². The Morgan fingerprint density at radius 1 is 0.794 bits per heavy atom. The van der Waals surface area contributed by atoms with Crippen molar-refractivity contribution >= 4 is 5.97 Å². The fraction of sp³-hybridized carbons (Fsp3) is 0.367. The van der Waals surface area contributed by atoms with Gasteiger partial charge in [0.05, 0.1) is 12.2 Å². The van der Waals surface area contributed by atoms with Crippen molar-refractivity contribution in [2.75, 3.05) is 13.9 Å². The van der Waals surface area contributed by atoms with E-state index in [1.165, 1.54) is 29.5 Å². The molecule has 4 heteroatoms. The standard InChI is InChI=1S/C30H34O4/c1-29(2)12-13-30(3,4)27-17-23(10-11-26(27)29)25-15-20(18-34-19-33-5)14-24(16-25)21-6-8-22(9-7-21)28(31)32/h6-11,14-17H,12-13,18-19H2,1-5H3,(H,31,32). The zero-order valence-corrected chi connectivity index (χ0v) is 20.8. The normalized spacial score (nSPS) is 16.1. The van der Waals surface area contributed by atoms with Crippen LogP contribution in [0.3, 0.4) is 0 Å². The zero-order valence-electron chi connectivity index (χ0n) is 20.8. The number of carboxylic acids is 1. The second kappa shape index (κ2) is 9.36. The Kier molecular flexibility index (Phi) is 6.66. The van der Waals surface area contributed by atoms with Crippen molar-refractivity contribution in [3.8, 4) is 22.3 Å². The summed E-state index contributed by atoms with van der Waals surface area (Å²) in [5.41, 5.74) is 8.81. The Bertz CT molecular complexity index is 1190. The van der Waals surface area contributed by atoms with Crippen molar-refractivity contribution in [3.05, 3.63) is 82.9 Å². The molecule has 0 fully saturated rings. The van der Waals surface area contributed by atoms with Crippen molar-refractivity contribution in [3.63, 3.8) is 0 Å². The van der Waals surface area contributed by atoms with Gasteiger partial charge < -0.3 is 14.6 Å². The highest BCUT2D eigenvalue weighted by Crippen LogP contribution is 2.47. The molecular formula is C30H34O4. The number of rotatable bonds is 7. The topological polar surface area (TPSA) is 55.8 Å². The minimum Gasteiger partial charge on any atom is -0.478 e. The third kappa shape index (κ3) is 4.94. The molecule has 3 aromatic carbocycles. The van der Waals surface area contributed by atoms with Crippen molar-refractivity contribution in [1.29, 1.82) is 0 Å². The largest absolute Gasteiger partial charge is 0.478 e. The van der Waals surface area contributed by atoms with Gasteiger partial charge in [-0.3, -0.25) is 0 Å². The van der Waals surface area contributed by atoms with E-state index in [1.807, 2.05) is 12.1 Å². The Morgan fingerprint density at radius 3 is 2.00 bits per heavy atom. The van der Waals surface area contributed by atoms with Gasteiger partial charge in [0, 0.05) is 7.11 Å². The van der Waals surface area contributed by atoms with Gasteiger partial charge in [-0.2, -0.15) is 0 Å². The lowest BCUT2D eigenvalue weighted by atomic mass is 9.63. The first-order valence-electron chi connectivity index (χ1n) is 11.8. The summed E-state index contributed by atoms with van der Waals surface area (Å²) in [5.74, 6) is -0.923. The first-order chi connectivity index (χ1) is 16.1. The quantitative estimate of drug-likeness (QED) is 0.301. The van der Waals surface area contributed by atoms with E-state index in [0.29, 0.717) is 6.61 Å². The van der Waals surface area contributed by atoms with Crippen LogP contribution >= 0.6 is 0 Å². The molecule has 1 aliphatic rings. The third-order valence-electron chi connectivity index (χ3n) is 7.11. The lowest BCUT2D eigenvalue weighted by Gasteiger charge is -2.42. The molecule has 1 N–H and O–H groups in total. The smallest absolute Gasteiger partial charge is 0.335 e. The molecule has 34 heavy (non-hydrogen) atoms. The molecule has 0 bridgehead atoms. The number of hydrogen-bond donors (Lipinski definition) is 1. The molecule has 0 amide bonds. The number of carbonyl (C=O) groups is 1. The van der Waals surface area contributed by atoms with Crippen molar-refractivity contribution < 1.29 is 19.4 Å². The summed E-state index contributed by atoms with van der Waals surface area (Å²) in [4.78, 5) is 11.3. The molecule has 0 saturated carbocycles. The first-order valence-corrected chi connectivity index (χ1v) is 11.8. The van der Waals surface area contributed by atoms with Crippen LogP contribution < -0.4 is 0 Å². The Labute approximate surface area is 202 Å². The lowest BCUT2D eigenvalue weighted by molar-refractivity contribution is -0.0390.